The number of ether oxygens (including phenoxy) is 1. The molecular formula is C23H21BrN2O3. The monoisotopic (exact) mass is 452 g/mol. The maximum atomic E-state index is 12.0. The summed E-state index contributed by atoms with van der Waals surface area (Å²) < 4.78 is 6.26. The van der Waals surface area contributed by atoms with E-state index in [9.17, 15) is 9.59 Å². The summed E-state index contributed by atoms with van der Waals surface area (Å²) in [5.74, 6) is -0.317. The summed E-state index contributed by atoms with van der Waals surface area (Å²) in [6.07, 6.45) is 4.01. The predicted molar refractivity (Wildman–Crippen MR) is 118 cm³/mol. The highest BCUT2D eigenvalue weighted by atomic mass is 79.9. The van der Waals surface area contributed by atoms with E-state index in [2.05, 4.69) is 33.7 Å². The molecule has 6 heteroatoms. The number of hydrazine groups is 1. The normalized spacial score (nSPS) is 10.8. The van der Waals surface area contributed by atoms with Gasteiger partial charge in [0.25, 0.3) is 11.8 Å². The highest BCUT2D eigenvalue weighted by molar-refractivity contribution is 9.10. The highest BCUT2D eigenvalue weighted by Gasteiger charge is 2.07. The predicted octanol–water partition coefficient (Wildman–Crippen LogP) is 4.40. The van der Waals surface area contributed by atoms with Crippen LogP contribution < -0.4 is 15.6 Å². The van der Waals surface area contributed by atoms with Crippen LogP contribution in [0.2, 0.25) is 0 Å². The van der Waals surface area contributed by atoms with Gasteiger partial charge in [-0.05, 0) is 62.5 Å². The molecule has 0 saturated heterocycles. The molecule has 2 amide bonds. The third-order valence-electron chi connectivity index (χ3n) is 4.33. The van der Waals surface area contributed by atoms with Crippen molar-refractivity contribution < 1.29 is 14.3 Å². The Bertz CT molecular complexity index is 1060. The Morgan fingerprint density at radius 2 is 1.83 bits per heavy atom. The van der Waals surface area contributed by atoms with Crippen LogP contribution in [-0.2, 0) is 16.0 Å². The molecule has 148 valence electrons. The Morgan fingerprint density at radius 1 is 1.03 bits per heavy atom. The second-order valence-electron chi connectivity index (χ2n) is 6.35. The Hall–Kier alpha value is -3.12. The molecule has 0 radical (unpaired) electrons. The Kier molecular flexibility index (Phi) is 7.03. The molecule has 0 fully saturated rings. The minimum Gasteiger partial charge on any atom is -0.483 e. The highest BCUT2D eigenvalue weighted by Crippen LogP contribution is 2.26. The zero-order valence-corrected chi connectivity index (χ0v) is 17.5. The lowest BCUT2D eigenvalue weighted by molar-refractivity contribution is -0.128. The number of amides is 2. The summed E-state index contributed by atoms with van der Waals surface area (Å²) in [5, 5.41) is 2.15. The molecule has 2 N–H and O–H groups in total. The van der Waals surface area contributed by atoms with Crippen molar-refractivity contribution in [2.75, 3.05) is 6.61 Å². The van der Waals surface area contributed by atoms with Gasteiger partial charge in [-0.1, -0.05) is 55.5 Å². The average molecular weight is 453 g/mol. The van der Waals surface area contributed by atoms with Crippen molar-refractivity contribution in [2.24, 2.45) is 0 Å². The Morgan fingerprint density at radius 3 is 2.62 bits per heavy atom. The van der Waals surface area contributed by atoms with E-state index in [4.69, 9.17) is 4.74 Å². The Balaban J connectivity index is 1.50. The van der Waals surface area contributed by atoms with Crippen molar-refractivity contribution in [1.82, 2.24) is 10.9 Å². The number of nitrogens with one attached hydrogen (secondary N) is 2. The first-order valence-corrected chi connectivity index (χ1v) is 10.0. The minimum atomic E-state index is -0.455. The summed E-state index contributed by atoms with van der Waals surface area (Å²) in [5.41, 5.74) is 6.78. The van der Waals surface area contributed by atoms with Crippen LogP contribution in [0.25, 0.3) is 16.8 Å². The van der Waals surface area contributed by atoms with Crippen molar-refractivity contribution in [2.45, 2.75) is 13.3 Å². The van der Waals surface area contributed by atoms with Crippen LogP contribution in [0.15, 0.2) is 71.2 Å². The van der Waals surface area contributed by atoms with Gasteiger partial charge in [-0.2, -0.15) is 0 Å². The number of rotatable bonds is 6. The lowest BCUT2D eigenvalue weighted by atomic mass is 10.0. The van der Waals surface area contributed by atoms with Crippen LogP contribution in [-0.4, -0.2) is 18.4 Å². The van der Waals surface area contributed by atoms with Gasteiger partial charge in [0, 0.05) is 6.08 Å². The van der Waals surface area contributed by atoms with Gasteiger partial charge >= 0.3 is 0 Å². The molecule has 0 aromatic heterocycles. The van der Waals surface area contributed by atoms with Crippen molar-refractivity contribution in [3.63, 3.8) is 0 Å². The maximum Gasteiger partial charge on any atom is 0.276 e. The van der Waals surface area contributed by atoms with Gasteiger partial charge in [-0.15, -0.1) is 0 Å². The molecule has 0 bridgehead atoms. The fourth-order valence-corrected chi connectivity index (χ4v) is 3.34. The quantitative estimate of drug-likeness (QED) is 0.430. The first-order chi connectivity index (χ1) is 14.1. The van der Waals surface area contributed by atoms with E-state index in [1.807, 2.05) is 60.7 Å². The van der Waals surface area contributed by atoms with Crippen LogP contribution in [0.1, 0.15) is 18.1 Å². The molecule has 0 unspecified atom stereocenters. The number of carbonyl (C=O) groups excluding carboxylic acids is 2. The molecular weight excluding hydrogens is 432 g/mol. The van der Waals surface area contributed by atoms with Crippen LogP contribution in [0.3, 0.4) is 0 Å². The van der Waals surface area contributed by atoms with Gasteiger partial charge < -0.3 is 4.74 Å². The van der Waals surface area contributed by atoms with Crippen molar-refractivity contribution in [1.29, 1.82) is 0 Å². The number of benzene rings is 3. The fourth-order valence-electron chi connectivity index (χ4n) is 2.79. The largest absolute Gasteiger partial charge is 0.483 e. The summed E-state index contributed by atoms with van der Waals surface area (Å²) in [6, 6.07) is 19.5. The molecule has 0 heterocycles. The molecule has 3 rings (SSSR count). The molecule has 0 aliphatic rings. The van der Waals surface area contributed by atoms with Gasteiger partial charge in [0.05, 0.1) is 4.47 Å². The number of hydrogen-bond acceptors (Lipinski definition) is 3. The zero-order valence-electron chi connectivity index (χ0n) is 15.9. The van der Waals surface area contributed by atoms with Gasteiger partial charge in [0.15, 0.2) is 6.61 Å². The topological polar surface area (TPSA) is 67.4 Å². The third-order valence-corrected chi connectivity index (χ3v) is 4.95. The van der Waals surface area contributed by atoms with Crippen molar-refractivity contribution in [3.05, 3.63) is 82.3 Å². The van der Waals surface area contributed by atoms with E-state index < -0.39 is 11.8 Å². The van der Waals surface area contributed by atoms with E-state index in [0.717, 1.165) is 27.2 Å². The second kappa shape index (κ2) is 9.89. The molecule has 0 spiro atoms. The van der Waals surface area contributed by atoms with Gasteiger partial charge in [-0.25, -0.2) is 0 Å². The van der Waals surface area contributed by atoms with Crippen molar-refractivity contribution in [3.8, 4) is 5.75 Å². The van der Waals surface area contributed by atoms with E-state index in [1.165, 1.54) is 11.6 Å². The number of carbonyl (C=O) groups is 2. The van der Waals surface area contributed by atoms with Crippen molar-refractivity contribution >= 4 is 44.6 Å². The third kappa shape index (κ3) is 5.68. The molecule has 3 aromatic carbocycles. The van der Waals surface area contributed by atoms with Crippen LogP contribution >= 0.6 is 15.9 Å². The Labute approximate surface area is 177 Å². The molecule has 0 aliphatic heterocycles. The van der Waals surface area contributed by atoms with Crippen LogP contribution in [0.5, 0.6) is 5.75 Å². The first kappa shape index (κ1) is 20.6. The summed E-state index contributed by atoms with van der Waals surface area (Å²) in [7, 11) is 0. The zero-order chi connectivity index (χ0) is 20.6. The molecule has 0 aliphatic carbocycles. The van der Waals surface area contributed by atoms with Gasteiger partial charge in [0.2, 0.25) is 0 Å². The molecule has 0 saturated carbocycles. The van der Waals surface area contributed by atoms with Crippen LogP contribution in [0, 0.1) is 0 Å². The molecule has 3 aromatic rings. The number of halogens is 1. The van der Waals surface area contributed by atoms with E-state index in [0.29, 0.717) is 5.75 Å². The second-order valence-corrected chi connectivity index (χ2v) is 7.20. The molecule has 29 heavy (non-hydrogen) atoms. The average Bonchev–Trinajstić information content (AvgIpc) is 2.75. The minimum absolute atomic E-state index is 0.211. The van der Waals surface area contributed by atoms with Gasteiger partial charge in [0.1, 0.15) is 5.75 Å². The lowest BCUT2D eigenvalue weighted by Crippen LogP contribution is -2.43. The first-order valence-electron chi connectivity index (χ1n) is 9.22. The summed E-state index contributed by atoms with van der Waals surface area (Å²) >= 11 is 3.42. The van der Waals surface area contributed by atoms with Gasteiger partial charge in [-0.3, -0.25) is 20.4 Å². The standard InChI is InChI=1S/C23H21BrN2O3/c1-2-16-10-12-21(20(24)14-16)29-15-23(28)26-25-22(27)13-11-18-8-5-7-17-6-3-4-9-19(17)18/h3-14H,2,15H2,1H3,(H,25,27)(H,26,28)/b13-11+. The van der Waals surface area contributed by atoms with E-state index >= 15 is 0 Å². The van der Waals surface area contributed by atoms with Crippen LogP contribution in [0.4, 0.5) is 0 Å². The number of aryl methyl sites for hydroxylation is 1. The number of hydrogen-bond donors (Lipinski definition) is 2. The summed E-state index contributed by atoms with van der Waals surface area (Å²) in [4.78, 5) is 23.9. The fraction of sp³-hybridized carbons (Fsp3) is 0.130. The summed E-state index contributed by atoms with van der Waals surface area (Å²) in [6.45, 7) is 1.85. The smallest absolute Gasteiger partial charge is 0.276 e. The molecule has 5 nitrogen and oxygen atoms in total. The van der Waals surface area contributed by atoms with E-state index in [1.54, 1.807) is 6.08 Å². The number of fused-ring (bicyclic) bond motifs is 1. The van der Waals surface area contributed by atoms with E-state index in [-0.39, 0.29) is 6.61 Å². The SMILES string of the molecule is CCc1ccc(OCC(=O)NNC(=O)/C=C/c2cccc3ccccc23)c(Br)c1. The molecule has 0 atom stereocenters. The maximum absolute atomic E-state index is 12.0. The lowest BCUT2D eigenvalue weighted by Gasteiger charge is -2.10.